The van der Waals surface area contributed by atoms with Gasteiger partial charge in [0, 0.05) is 17.4 Å². The summed E-state index contributed by atoms with van der Waals surface area (Å²) in [5.41, 5.74) is 2.50. The Labute approximate surface area is 146 Å². The number of rotatable bonds is 7. The van der Waals surface area contributed by atoms with Crippen LogP contribution in [0.5, 0.6) is 0 Å². The minimum atomic E-state index is -0.314. The summed E-state index contributed by atoms with van der Waals surface area (Å²) in [6, 6.07) is 9.19. The highest BCUT2D eigenvalue weighted by Gasteiger charge is 2.19. The highest BCUT2D eigenvalue weighted by Crippen LogP contribution is 2.23. The second-order valence-electron chi connectivity index (χ2n) is 5.66. The van der Waals surface area contributed by atoms with E-state index in [4.69, 9.17) is 0 Å². The molecule has 0 bridgehead atoms. The molecule has 0 saturated heterocycles. The summed E-state index contributed by atoms with van der Waals surface area (Å²) in [4.78, 5) is 31.4. The van der Waals surface area contributed by atoms with Crippen LogP contribution in [0.1, 0.15) is 37.9 Å². The molecule has 2 rings (SSSR count). The van der Waals surface area contributed by atoms with Gasteiger partial charge in [0.05, 0.1) is 5.25 Å². The SMILES string of the molecule is CCCc1cc(=O)[nH]c(SC(CC)C(=O)Nc2ccc(C)cc2)n1. The number of hydrogen-bond acceptors (Lipinski definition) is 4. The second-order valence-corrected chi connectivity index (χ2v) is 6.85. The quantitative estimate of drug-likeness (QED) is 0.594. The Balaban J connectivity index is 2.09. The van der Waals surface area contributed by atoms with Gasteiger partial charge in [0.2, 0.25) is 5.91 Å². The van der Waals surface area contributed by atoms with Crippen LogP contribution in [-0.2, 0) is 11.2 Å². The van der Waals surface area contributed by atoms with E-state index in [1.54, 1.807) is 0 Å². The summed E-state index contributed by atoms with van der Waals surface area (Å²) in [5, 5.41) is 3.10. The van der Waals surface area contributed by atoms with Gasteiger partial charge in [0.25, 0.3) is 5.56 Å². The largest absolute Gasteiger partial charge is 0.325 e. The number of hydrogen-bond donors (Lipinski definition) is 2. The normalized spacial score (nSPS) is 12.0. The molecule has 0 spiro atoms. The van der Waals surface area contributed by atoms with Gasteiger partial charge < -0.3 is 10.3 Å². The van der Waals surface area contributed by atoms with Gasteiger partial charge in [0.1, 0.15) is 0 Å². The molecule has 2 N–H and O–H groups in total. The third kappa shape index (κ3) is 5.23. The molecule has 0 aliphatic carbocycles. The molecule has 1 amide bonds. The predicted molar refractivity (Wildman–Crippen MR) is 98.6 cm³/mol. The lowest BCUT2D eigenvalue weighted by molar-refractivity contribution is -0.115. The lowest BCUT2D eigenvalue weighted by atomic mass is 10.2. The van der Waals surface area contributed by atoms with Crippen molar-refractivity contribution in [2.45, 2.75) is 50.4 Å². The van der Waals surface area contributed by atoms with Gasteiger partial charge in [-0.15, -0.1) is 0 Å². The smallest absolute Gasteiger partial charge is 0.251 e. The Morgan fingerprint density at radius 1 is 1.29 bits per heavy atom. The molecule has 5 nitrogen and oxygen atoms in total. The first-order chi connectivity index (χ1) is 11.5. The third-order valence-corrected chi connectivity index (χ3v) is 4.76. The number of nitrogens with one attached hydrogen (secondary N) is 2. The predicted octanol–water partition coefficient (Wildman–Crippen LogP) is 3.54. The Kier molecular flexibility index (Phi) is 6.61. The van der Waals surface area contributed by atoms with Crippen molar-refractivity contribution in [3.63, 3.8) is 0 Å². The molecule has 128 valence electrons. The van der Waals surface area contributed by atoms with E-state index in [1.165, 1.54) is 17.8 Å². The number of benzene rings is 1. The number of aromatic nitrogens is 2. The fourth-order valence-corrected chi connectivity index (χ4v) is 3.17. The fourth-order valence-electron chi connectivity index (χ4n) is 2.24. The maximum Gasteiger partial charge on any atom is 0.251 e. The van der Waals surface area contributed by atoms with E-state index in [2.05, 4.69) is 15.3 Å². The van der Waals surface area contributed by atoms with E-state index in [0.717, 1.165) is 29.8 Å². The first kappa shape index (κ1) is 18.3. The maximum atomic E-state index is 12.5. The number of aryl methyl sites for hydroxylation is 2. The molecule has 1 aromatic carbocycles. The molecule has 1 unspecified atom stereocenters. The minimum absolute atomic E-state index is 0.0881. The number of anilines is 1. The topological polar surface area (TPSA) is 74.8 Å². The number of amides is 1. The fraction of sp³-hybridized carbons (Fsp3) is 0.389. The highest BCUT2D eigenvalue weighted by molar-refractivity contribution is 8.00. The van der Waals surface area contributed by atoms with Crippen molar-refractivity contribution in [1.29, 1.82) is 0 Å². The molecule has 0 saturated carbocycles. The Bertz CT molecular complexity index is 741. The van der Waals surface area contributed by atoms with Crippen LogP contribution >= 0.6 is 11.8 Å². The van der Waals surface area contributed by atoms with Gasteiger partial charge in [-0.3, -0.25) is 9.59 Å². The minimum Gasteiger partial charge on any atom is -0.325 e. The van der Waals surface area contributed by atoms with Crippen LogP contribution in [0, 0.1) is 6.92 Å². The van der Waals surface area contributed by atoms with Gasteiger partial charge in [0.15, 0.2) is 5.16 Å². The molecule has 24 heavy (non-hydrogen) atoms. The van der Waals surface area contributed by atoms with E-state index in [0.29, 0.717) is 11.6 Å². The molecule has 6 heteroatoms. The van der Waals surface area contributed by atoms with Crippen molar-refractivity contribution in [2.24, 2.45) is 0 Å². The Morgan fingerprint density at radius 3 is 2.62 bits per heavy atom. The van der Waals surface area contributed by atoms with E-state index < -0.39 is 0 Å². The maximum absolute atomic E-state index is 12.5. The van der Waals surface area contributed by atoms with Crippen LogP contribution in [0.4, 0.5) is 5.69 Å². The molecule has 1 heterocycles. The second kappa shape index (κ2) is 8.68. The van der Waals surface area contributed by atoms with E-state index in [9.17, 15) is 9.59 Å². The van der Waals surface area contributed by atoms with Crippen LogP contribution in [0.15, 0.2) is 40.3 Å². The van der Waals surface area contributed by atoms with Crippen molar-refractivity contribution < 1.29 is 4.79 Å². The average Bonchev–Trinajstić information content (AvgIpc) is 2.54. The van der Waals surface area contributed by atoms with Gasteiger partial charge in [-0.05, 0) is 31.9 Å². The summed E-state index contributed by atoms with van der Waals surface area (Å²) >= 11 is 1.29. The third-order valence-electron chi connectivity index (χ3n) is 3.52. The van der Waals surface area contributed by atoms with Crippen LogP contribution in [0.25, 0.3) is 0 Å². The number of H-pyrrole nitrogens is 1. The van der Waals surface area contributed by atoms with Crippen molar-refractivity contribution >= 4 is 23.4 Å². The van der Waals surface area contributed by atoms with Crippen LogP contribution in [-0.4, -0.2) is 21.1 Å². The zero-order chi connectivity index (χ0) is 17.5. The van der Waals surface area contributed by atoms with Crippen molar-refractivity contribution in [1.82, 2.24) is 9.97 Å². The highest BCUT2D eigenvalue weighted by atomic mass is 32.2. The van der Waals surface area contributed by atoms with Crippen LogP contribution in [0.3, 0.4) is 0 Å². The summed E-state index contributed by atoms with van der Waals surface area (Å²) in [6.45, 7) is 5.99. The number of carbonyl (C=O) groups is 1. The first-order valence-corrected chi connectivity index (χ1v) is 9.04. The molecular weight excluding hydrogens is 322 g/mol. The Hall–Kier alpha value is -2.08. The van der Waals surface area contributed by atoms with Crippen molar-refractivity contribution in [3.8, 4) is 0 Å². The standard InChI is InChI=1S/C18H23N3O2S/c1-4-6-14-11-16(22)21-18(20-14)24-15(5-2)17(23)19-13-9-7-12(3)8-10-13/h7-11,15H,4-6H2,1-3H3,(H,19,23)(H,20,21,22). The zero-order valence-electron chi connectivity index (χ0n) is 14.3. The molecule has 1 atom stereocenters. The van der Waals surface area contributed by atoms with Gasteiger partial charge in [-0.2, -0.15) is 0 Å². The number of aromatic amines is 1. The molecule has 1 aromatic heterocycles. The van der Waals surface area contributed by atoms with E-state index >= 15 is 0 Å². The lowest BCUT2D eigenvalue weighted by Gasteiger charge is -2.14. The van der Waals surface area contributed by atoms with E-state index in [1.807, 2.05) is 45.0 Å². The molecular formula is C18H23N3O2S. The zero-order valence-corrected chi connectivity index (χ0v) is 15.1. The van der Waals surface area contributed by atoms with Crippen LogP contribution < -0.4 is 10.9 Å². The number of carbonyl (C=O) groups excluding carboxylic acids is 1. The number of thioether (sulfide) groups is 1. The van der Waals surface area contributed by atoms with Gasteiger partial charge in [-0.1, -0.05) is 49.7 Å². The lowest BCUT2D eigenvalue weighted by Crippen LogP contribution is -2.25. The summed E-state index contributed by atoms with van der Waals surface area (Å²) in [5.74, 6) is -0.0881. The van der Waals surface area contributed by atoms with Crippen molar-refractivity contribution in [2.75, 3.05) is 5.32 Å². The monoisotopic (exact) mass is 345 g/mol. The average molecular weight is 345 g/mol. The van der Waals surface area contributed by atoms with Crippen LogP contribution in [0.2, 0.25) is 0 Å². The summed E-state index contributed by atoms with van der Waals surface area (Å²) < 4.78 is 0. The molecule has 0 fully saturated rings. The summed E-state index contributed by atoms with van der Waals surface area (Å²) in [7, 11) is 0. The van der Waals surface area contributed by atoms with Crippen molar-refractivity contribution in [3.05, 3.63) is 51.9 Å². The Morgan fingerprint density at radius 2 is 2.00 bits per heavy atom. The van der Waals surface area contributed by atoms with Gasteiger partial charge >= 0.3 is 0 Å². The molecule has 0 aliphatic heterocycles. The summed E-state index contributed by atoms with van der Waals surface area (Å²) in [6.07, 6.45) is 2.32. The number of nitrogens with zero attached hydrogens (tertiary/aromatic N) is 1. The first-order valence-electron chi connectivity index (χ1n) is 8.16. The molecule has 0 aliphatic rings. The molecule has 2 aromatic rings. The molecule has 0 radical (unpaired) electrons. The van der Waals surface area contributed by atoms with Gasteiger partial charge in [-0.25, -0.2) is 4.98 Å². The van der Waals surface area contributed by atoms with E-state index in [-0.39, 0.29) is 16.7 Å².